The predicted octanol–water partition coefficient (Wildman–Crippen LogP) is 3.08. The molecule has 0 saturated carbocycles. The van der Waals surface area contributed by atoms with E-state index in [0.29, 0.717) is 36.6 Å². The van der Waals surface area contributed by atoms with Gasteiger partial charge in [0.25, 0.3) is 5.91 Å². The number of likely N-dealkylation sites (tertiary alicyclic amines) is 1. The van der Waals surface area contributed by atoms with E-state index in [1.165, 1.54) is 35.6 Å². The number of hydrogen-bond acceptors (Lipinski definition) is 4. The summed E-state index contributed by atoms with van der Waals surface area (Å²) in [6.45, 7) is 2.98. The number of amides is 2. The number of thiazole rings is 1. The molecule has 2 amide bonds. The van der Waals surface area contributed by atoms with Gasteiger partial charge in [-0.3, -0.25) is 9.59 Å². The van der Waals surface area contributed by atoms with E-state index in [1.54, 1.807) is 11.1 Å². The van der Waals surface area contributed by atoms with Crippen LogP contribution in [0.1, 0.15) is 28.1 Å². The number of carbonyl (C=O) groups is 2. The summed E-state index contributed by atoms with van der Waals surface area (Å²) in [6.07, 6.45) is 2.95. The molecule has 1 aromatic heterocycles. The Kier molecular flexibility index (Phi) is 4.89. The van der Waals surface area contributed by atoms with Gasteiger partial charge in [-0.05, 0) is 44.0 Å². The Labute approximate surface area is 143 Å². The van der Waals surface area contributed by atoms with Crippen LogP contribution in [0.3, 0.4) is 0 Å². The number of nitrogens with one attached hydrogen (secondary N) is 1. The van der Waals surface area contributed by atoms with Crippen LogP contribution in [-0.2, 0) is 4.79 Å². The lowest BCUT2D eigenvalue weighted by Crippen LogP contribution is -2.41. The third kappa shape index (κ3) is 3.79. The molecule has 1 fully saturated rings. The van der Waals surface area contributed by atoms with Gasteiger partial charge in [0.15, 0.2) is 5.13 Å². The third-order valence-corrected chi connectivity index (χ3v) is 4.92. The molecule has 1 aliphatic heterocycles. The standard InChI is InChI=1S/C17H18FN3O2S/c1-11-10-19-17(24-11)20-15(22)12-6-8-21(9-7-12)16(23)13-2-4-14(18)5-3-13/h2-5,10,12H,6-9H2,1H3,(H,19,20,22). The molecule has 1 aromatic carbocycles. The number of anilines is 1. The van der Waals surface area contributed by atoms with Crippen molar-refractivity contribution >= 4 is 28.3 Å². The number of hydrogen-bond donors (Lipinski definition) is 1. The van der Waals surface area contributed by atoms with Gasteiger partial charge in [-0.25, -0.2) is 9.37 Å². The second kappa shape index (κ2) is 7.09. The first-order valence-electron chi connectivity index (χ1n) is 7.81. The first kappa shape index (κ1) is 16.6. The van der Waals surface area contributed by atoms with Gasteiger partial charge in [0.1, 0.15) is 5.82 Å². The SMILES string of the molecule is Cc1cnc(NC(=O)C2CCN(C(=O)c3ccc(F)cc3)CC2)s1. The van der Waals surface area contributed by atoms with Crippen molar-refractivity contribution in [3.05, 3.63) is 46.7 Å². The molecular weight excluding hydrogens is 329 g/mol. The molecule has 0 aliphatic carbocycles. The van der Waals surface area contributed by atoms with Gasteiger partial charge >= 0.3 is 0 Å². The lowest BCUT2D eigenvalue weighted by molar-refractivity contribution is -0.121. The lowest BCUT2D eigenvalue weighted by Gasteiger charge is -2.31. The van der Waals surface area contributed by atoms with Crippen molar-refractivity contribution in [2.45, 2.75) is 19.8 Å². The van der Waals surface area contributed by atoms with Crippen LogP contribution in [0, 0.1) is 18.7 Å². The van der Waals surface area contributed by atoms with Crippen molar-refractivity contribution in [3.63, 3.8) is 0 Å². The smallest absolute Gasteiger partial charge is 0.253 e. The molecule has 2 heterocycles. The first-order valence-corrected chi connectivity index (χ1v) is 8.63. The number of halogens is 1. The van der Waals surface area contributed by atoms with Crippen molar-refractivity contribution in [2.24, 2.45) is 5.92 Å². The summed E-state index contributed by atoms with van der Waals surface area (Å²) >= 11 is 1.45. The zero-order chi connectivity index (χ0) is 17.1. The van der Waals surface area contributed by atoms with Crippen LogP contribution in [0.4, 0.5) is 9.52 Å². The maximum Gasteiger partial charge on any atom is 0.253 e. The summed E-state index contributed by atoms with van der Waals surface area (Å²) in [6, 6.07) is 5.54. The van der Waals surface area contributed by atoms with E-state index in [9.17, 15) is 14.0 Å². The fraction of sp³-hybridized carbons (Fsp3) is 0.353. The lowest BCUT2D eigenvalue weighted by atomic mass is 9.95. The number of nitrogens with zero attached hydrogens (tertiary/aromatic N) is 2. The topological polar surface area (TPSA) is 62.3 Å². The molecule has 0 spiro atoms. The van der Waals surface area contributed by atoms with Crippen molar-refractivity contribution in [3.8, 4) is 0 Å². The van der Waals surface area contributed by atoms with Gasteiger partial charge in [0.05, 0.1) is 0 Å². The van der Waals surface area contributed by atoms with Crippen molar-refractivity contribution in [1.29, 1.82) is 0 Å². The van der Waals surface area contributed by atoms with Crippen LogP contribution in [-0.4, -0.2) is 34.8 Å². The number of aryl methyl sites for hydroxylation is 1. The maximum absolute atomic E-state index is 12.9. The quantitative estimate of drug-likeness (QED) is 0.928. The number of benzene rings is 1. The molecule has 5 nitrogen and oxygen atoms in total. The minimum absolute atomic E-state index is 0.0433. The minimum Gasteiger partial charge on any atom is -0.339 e. The molecule has 0 atom stereocenters. The summed E-state index contributed by atoms with van der Waals surface area (Å²) in [7, 11) is 0. The monoisotopic (exact) mass is 347 g/mol. The highest BCUT2D eigenvalue weighted by Crippen LogP contribution is 2.23. The van der Waals surface area contributed by atoms with Gasteiger partial charge in [0.2, 0.25) is 5.91 Å². The molecule has 1 saturated heterocycles. The van der Waals surface area contributed by atoms with Crippen molar-refractivity contribution in [1.82, 2.24) is 9.88 Å². The van der Waals surface area contributed by atoms with E-state index >= 15 is 0 Å². The largest absolute Gasteiger partial charge is 0.339 e. The molecule has 126 valence electrons. The normalized spacial score (nSPS) is 15.3. The van der Waals surface area contributed by atoms with Crippen molar-refractivity contribution < 1.29 is 14.0 Å². The Morgan fingerprint density at radius 2 is 1.92 bits per heavy atom. The molecule has 3 rings (SSSR count). The number of rotatable bonds is 3. The van der Waals surface area contributed by atoms with E-state index in [2.05, 4.69) is 10.3 Å². The fourth-order valence-corrected chi connectivity index (χ4v) is 3.41. The first-order chi connectivity index (χ1) is 11.5. The van der Waals surface area contributed by atoms with E-state index in [4.69, 9.17) is 0 Å². The number of piperidine rings is 1. The second-order valence-corrected chi connectivity index (χ2v) is 7.07. The zero-order valence-electron chi connectivity index (χ0n) is 13.3. The Morgan fingerprint density at radius 3 is 2.50 bits per heavy atom. The van der Waals surface area contributed by atoms with E-state index in [1.807, 2.05) is 6.92 Å². The van der Waals surface area contributed by atoms with Crippen LogP contribution in [0.25, 0.3) is 0 Å². The van der Waals surface area contributed by atoms with Gasteiger partial charge in [-0.1, -0.05) is 0 Å². The van der Waals surface area contributed by atoms with Gasteiger partial charge in [0, 0.05) is 35.6 Å². The molecule has 2 aromatic rings. The highest BCUT2D eigenvalue weighted by molar-refractivity contribution is 7.15. The van der Waals surface area contributed by atoms with Crippen LogP contribution < -0.4 is 5.32 Å². The summed E-state index contributed by atoms with van der Waals surface area (Å²) in [5.41, 5.74) is 0.470. The van der Waals surface area contributed by atoms with Crippen molar-refractivity contribution in [2.75, 3.05) is 18.4 Å². The maximum atomic E-state index is 12.9. The molecule has 0 unspecified atom stereocenters. The molecule has 0 radical (unpaired) electrons. The Bertz CT molecular complexity index is 737. The average molecular weight is 347 g/mol. The Morgan fingerprint density at radius 1 is 1.25 bits per heavy atom. The summed E-state index contributed by atoms with van der Waals surface area (Å²) in [5, 5.41) is 3.45. The van der Waals surface area contributed by atoms with E-state index in [-0.39, 0.29) is 23.5 Å². The Hall–Kier alpha value is -2.28. The van der Waals surface area contributed by atoms with Gasteiger partial charge in [-0.15, -0.1) is 11.3 Å². The van der Waals surface area contributed by atoms with Gasteiger partial charge < -0.3 is 10.2 Å². The van der Waals surface area contributed by atoms with Crippen LogP contribution in [0.5, 0.6) is 0 Å². The second-order valence-electron chi connectivity index (χ2n) is 5.84. The van der Waals surface area contributed by atoms with Crippen LogP contribution in [0.2, 0.25) is 0 Å². The summed E-state index contributed by atoms with van der Waals surface area (Å²) in [4.78, 5) is 31.5. The summed E-state index contributed by atoms with van der Waals surface area (Å²) < 4.78 is 12.9. The molecule has 1 N–H and O–H groups in total. The molecule has 1 aliphatic rings. The number of carbonyl (C=O) groups excluding carboxylic acids is 2. The molecular formula is C17H18FN3O2S. The average Bonchev–Trinajstić information content (AvgIpc) is 3.00. The minimum atomic E-state index is -0.362. The molecule has 0 bridgehead atoms. The third-order valence-electron chi connectivity index (χ3n) is 4.10. The molecule has 24 heavy (non-hydrogen) atoms. The zero-order valence-corrected chi connectivity index (χ0v) is 14.1. The van der Waals surface area contributed by atoms with Gasteiger partial charge in [-0.2, -0.15) is 0 Å². The summed E-state index contributed by atoms with van der Waals surface area (Å²) in [5.74, 6) is -0.645. The Balaban J connectivity index is 1.54. The fourth-order valence-electron chi connectivity index (χ4n) is 2.74. The van der Waals surface area contributed by atoms with Crippen LogP contribution in [0.15, 0.2) is 30.5 Å². The predicted molar refractivity (Wildman–Crippen MR) is 90.5 cm³/mol. The van der Waals surface area contributed by atoms with E-state index < -0.39 is 0 Å². The highest BCUT2D eigenvalue weighted by atomic mass is 32.1. The van der Waals surface area contributed by atoms with Crippen LogP contribution >= 0.6 is 11.3 Å². The molecule has 7 heteroatoms. The van der Waals surface area contributed by atoms with E-state index in [0.717, 1.165) is 4.88 Å². The highest BCUT2D eigenvalue weighted by Gasteiger charge is 2.28. The number of aromatic nitrogens is 1.